The van der Waals surface area contributed by atoms with Crippen molar-refractivity contribution >= 4 is 21.5 Å². The number of hydrogen-bond acceptors (Lipinski definition) is 4. The standard InChI is InChI=1S/C16H17NO4S/c1-3-21-15-8-5-7-14(11-15)17-22(19,20)16-9-4-6-13(10-16)12(2)18/h4-11,17H,3H2,1-2H3. The summed E-state index contributed by atoms with van der Waals surface area (Å²) >= 11 is 0. The van der Waals surface area contributed by atoms with E-state index < -0.39 is 10.0 Å². The Morgan fingerprint density at radius 3 is 2.55 bits per heavy atom. The first-order chi connectivity index (χ1) is 10.4. The number of rotatable bonds is 6. The van der Waals surface area contributed by atoms with Gasteiger partial charge in [0.15, 0.2) is 5.78 Å². The first kappa shape index (κ1) is 16.0. The van der Waals surface area contributed by atoms with Gasteiger partial charge in [0, 0.05) is 11.6 Å². The Labute approximate surface area is 130 Å². The van der Waals surface area contributed by atoms with E-state index in [1.807, 2.05) is 6.92 Å². The van der Waals surface area contributed by atoms with Crippen LogP contribution in [0.3, 0.4) is 0 Å². The van der Waals surface area contributed by atoms with Crippen molar-refractivity contribution in [3.63, 3.8) is 0 Å². The van der Waals surface area contributed by atoms with E-state index in [0.717, 1.165) is 0 Å². The molecule has 0 saturated carbocycles. The second-order valence-electron chi connectivity index (χ2n) is 4.65. The monoisotopic (exact) mass is 319 g/mol. The van der Waals surface area contributed by atoms with E-state index in [1.54, 1.807) is 36.4 Å². The Bertz CT molecular complexity index is 784. The highest BCUT2D eigenvalue weighted by Gasteiger charge is 2.15. The van der Waals surface area contributed by atoms with E-state index in [9.17, 15) is 13.2 Å². The molecule has 0 spiro atoms. The second-order valence-corrected chi connectivity index (χ2v) is 6.33. The molecule has 0 radical (unpaired) electrons. The van der Waals surface area contributed by atoms with Crippen LogP contribution in [0.1, 0.15) is 24.2 Å². The van der Waals surface area contributed by atoms with Crippen molar-refractivity contribution in [3.05, 3.63) is 54.1 Å². The Hall–Kier alpha value is -2.34. The van der Waals surface area contributed by atoms with Crippen molar-refractivity contribution in [2.45, 2.75) is 18.7 Å². The molecule has 0 saturated heterocycles. The summed E-state index contributed by atoms with van der Waals surface area (Å²) < 4.78 is 32.6. The minimum Gasteiger partial charge on any atom is -0.494 e. The molecule has 0 amide bonds. The number of sulfonamides is 1. The van der Waals surface area contributed by atoms with Crippen molar-refractivity contribution in [2.75, 3.05) is 11.3 Å². The van der Waals surface area contributed by atoms with Crippen LogP contribution in [0.25, 0.3) is 0 Å². The van der Waals surface area contributed by atoms with Gasteiger partial charge in [-0.1, -0.05) is 18.2 Å². The molecule has 6 heteroatoms. The van der Waals surface area contributed by atoms with Gasteiger partial charge in [-0.25, -0.2) is 8.42 Å². The van der Waals surface area contributed by atoms with Crippen LogP contribution in [0.5, 0.6) is 5.75 Å². The van der Waals surface area contributed by atoms with Crippen molar-refractivity contribution in [1.82, 2.24) is 0 Å². The van der Waals surface area contributed by atoms with E-state index in [4.69, 9.17) is 4.74 Å². The highest BCUT2D eigenvalue weighted by Crippen LogP contribution is 2.21. The number of Topliss-reactive ketones (excluding diaryl/α,β-unsaturated/α-hetero) is 1. The SMILES string of the molecule is CCOc1cccc(NS(=O)(=O)c2cccc(C(C)=O)c2)c1. The van der Waals surface area contributed by atoms with Crippen molar-refractivity contribution in [1.29, 1.82) is 0 Å². The number of carbonyl (C=O) groups excluding carboxylic acids is 1. The molecule has 0 aliphatic carbocycles. The van der Waals surface area contributed by atoms with Crippen molar-refractivity contribution in [3.8, 4) is 5.75 Å². The summed E-state index contributed by atoms with van der Waals surface area (Å²) in [5.41, 5.74) is 0.755. The first-order valence-electron chi connectivity index (χ1n) is 6.79. The number of anilines is 1. The Kier molecular flexibility index (Phi) is 4.82. The lowest BCUT2D eigenvalue weighted by Gasteiger charge is -2.10. The average Bonchev–Trinajstić information content (AvgIpc) is 2.47. The highest BCUT2D eigenvalue weighted by molar-refractivity contribution is 7.92. The zero-order valence-corrected chi connectivity index (χ0v) is 13.2. The Morgan fingerprint density at radius 1 is 1.14 bits per heavy atom. The predicted octanol–water partition coefficient (Wildman–Crippen LogP) is 3.09. The van der Waals surface area contributed by atoms with Gasteiger partial charge >= 0.3 is 0 Å². The van der Waals surface area contributed by atoms with Gasteiger partial charge in [0.2, 0.25) is 0 Å². The number of nitrogens with one attached hydrogen (secondary N) is 1. The smallest absolute Gasteiger partial charge is 0.261 e. The molecule has 2 rings (SSSR count). The molecule has 0 aliphatic heterocycles. The molecular weight excluding hydrogens is 302 g/mol. The third kappa shape index (κ3) is 3.85. The molecule has 0 aliphatic rings. The molecule has 2 aromatic carbocycles. The topological polar surface area (TPSA) is 72.5 Å². The largest absolute Gasteiger partial charge is 0.494 e. The maximum absolute atomic E-state index is 12.4. The molecule has 0 heterocycles. The quantitative estimate of drug-likeness (QED) is 0.830. The lowest BCUT2D eigenvalue weighted by molar-refractivity contribution is 0.101. The molecule has 0 aromatic heterocycles. The van der Waals surface area contributed by atoms with Gasteiger partial charge in [-0.05, 0) is 38.1 Å². The van der Waals surface area contributed by atoms with Gasteiger partial charge in [0.1, 0.15) is 5.75 Å². The number of benzene rings is 2. The summed E-state index contributed by atoms with van der Waals surface area (Å²) in [7, 11) is -3.76. The number of hydrogen-bond donors (Lipinski definition) is 1. The first-order valence-corrected chi connectivity index (χ1v) is 8.27. The van der Waals surface area contributed by atoms with E-state index in [-0.39, 0.29) is 10.7 Å². The van der Waals surface area contributed by atoms with Gasteiger partial charge in [-0.3, -0.25) is 9.52 Å². The van der Waals surface area contributed by atoms with Crippen LogP contribution in [0, 0.1) is 0 Å². The van der Waals surface area contributed by atoms with Crippen molar-refractivity contribution in [2.24, 2.45) is 0 Å². The second kappa shape index (κ2) is 6.62. The summed E-state index contributed by atoms with van der Waals surface area (Å²) in [5, 5.41) is 0. The van der Waals surface area contributed by atoms with E-state index in [1.165, 1.54) is 19.1 Å². The van der Waals surface area contributed by atoms with E-state index in [2.05, 4.69) is 4.72 Å². The summed E-state index contributed by atoms with van der Waals surface area (Å²) in [6.07, 6.45) is 0. The van der Waals surface area contributed by atoms with Crippen LogP contribution in [0.15, 0.2) is 53.4 Å². The fourth-order valence-electron chi connectivity index (χ4n) is 1.91. The van der Waals surface area contributed by atoms with Crippen LogP contribution in [0.4, 0.5) is 5.69 Å². The number of ketones is 1. The van der Waals surface area contributed by atoms with Gasteiger partial charge in [-0.2, -0.15) is 0 Å². The third-order valence-electron chi connectivity index (χ3n) is 2.95. The van der Waals surface area contributed by atoms with Crippen molar-refractivity contribution < 1.29 is 17.9 Å². The summed E-state index contributed by atoms with van der Waals surface area (Å²) in [5.74, 6) is 0.399. The normalized spacial score (nSPS) is 11.0. The van der Waals surface area contributed by atoms with Crippen LogP contribution >= 0.6 is 0 Å². The summed E-state index contributed by atoms with van der Waals surface area (Å²) in [6.45, 7) is 3.74. The number of carbonyl (C=O) groups is 1. The molecule has 0 atom stereocenters. The van der Waals surface area contributed by atoms with E-state index >= 15 is 0 Å². The fraction of sp³-hybridized carbons (Fsp3) is 0.188. The Morgan fingerprint density at radius 2 is 1.86 bits per heavy atom. The molecule has 0 unspecified atom stereocenters. The van der Waals surface area contributed by atoms with Crippen LogP contribution < -0.4 is 9.46 Å². The van der Waals surface area contributed by atoms with E-state index in [0.29, 0.717) is 23.6 Å². The third-order valence-corrected chi connectivity index (χ3v) is 4.33. The molecule has 2 aromatic rings. The average molecular weight is 319 g/mol. The zero-order chi connectivity index (χ0) is 16.2. The molecule has 0 bridgehead atoms. The lowest BCUT2D eigenvalue weighted by Crippen LogP contribution is -2.13. The lowest BCUT2D eigenvalue weighted by atomic mass is 10.2. The minimum atomic E-state index is -3.76. The maximum atomic E-state index is 12.4. The molecular formula is C16H17NO4S. The maximum Gasteiger partial charge on any atom is 0.261 e. The van der Waals surface area contributed by atoms with Crippen LogP contribution in [0.2, 0.25) is 0 Å². The van der Waals surface area contributed by atoms with Gasteiger partial charge in [0.05, 0.1) is 17.2 Å². The summed E-state index contributed by atoms with van der Waals surface area (Å²) in [6, 6.07) is 12.6. The van der Waals surface area contributed by atoms with Crippen LogP contribution in [-0.2, 0) is 10.0 Å². The summed E-state index contributed by atoms with van der Waals surface area (Å²) in [4.78, 5) is 11.4. The molecule has 0 fully saturated rings. The molecule has 1 N–H and O–H groups in total. The molecule has 116 valence electrons. The number of ether oxygens (including phenoxy) is 1. The molecule has 22 heavy (non-hydrogen) atoms. The van der Waals surface area contributed by atoms with Gasteiger partial charge in [-0.15, -0.1) is 0 Å². The highest BCUT2D eigenvalue weighted by atomic mass is 32.2. The van der Waals surface area contributed by atoms with Gasteiger partial charge in [0.25, 0.3) is 10.0 Å². The minimum absolute atomic E-state index is 0.0435. The van der Waals surface area contributed by atoms with Crippen LogP contribution in [-0.4, -0.2) is 20.8 Å². The molecule has 5 nitrogen and oxygen atoms in total. The fourth-order valence-corrected chi connectivity index (χ4v) is 3.01. The van der Waals surface area contributed by atoms with Gasteiger partial charge < -0.3 is 4.74 Å². The predicted molar refractivity (Wildman–Crippen MR) is 84.9 cm³/mol. The zero-order valence-electron chi connectivity index (χ0n) is 12.4. The Balaban J connectivity index is 2.29.